The fourth-order valence-electron chi connectivity index (χ4n) is 2.31. The van der Waals surface area contributed by atoms with Gasteiger partial charge in [-0.2, -0.15) is 5.26 Å². The van der Waals surface area contributed by atoms with E-state index in [2.05, 4.69) is 17.9 Å². The van der Waals surface area contributed by atoms with Gasteiger partial charge in [-0.1, -0.05) is 6.92 Å². The number of hydrogen-bond donors (Lipinski definition) is 0. The van der Waals surface area contributed by atoms with Crippen molar-refractivity contribution in [2.45, 2.75) is 26.8 Å². The van der Waals surface area contributed by atoms with Crippen molar-refractivity contribution in [2.75, 3.05) is 11.5 Å². The van der Waals surface area contributed by atoms with E-state index in [-0.39, 0.29) is 17.9 Å². The molecule has 104 valence electrons. The van der Waals surface area contributed by atoms with Crippen molar-refractivity contribution in [1.29, 1.82) is 5.26 Å². The van der Waals surface area contributed by atoms with Crippen molar-refractivity contribution < 1.29 is 9.53 Å². The molecule has 20 heavy (non-hydrogen) atoms. The molecule has 4 heteroatoms. The van der Waals surface area contributed by atoms with Crippen LogP contribution in [-0.2, 0) is 4.74 Å². The van der Waals surface area contributed by atoms with Crippen LogP contribution < -0.4 is 4.90 Å². The number of nitriles is 1. The highest BCUT2D eigenvalue weighted by atomic mass is 16.5. The molecule has 2 atom stereocenters. The maximum Gasteiger partial charge on any atom is 0.338 e. The zero-order chi connectivity index (χ0) is 14.7. The molecule has 1 aromatic rings. The van der Waals surface area contributed by atoms with Gasteiger partial charge in [-0.3, -0.25) is 0 Å². The summed E-state index contributed by atoms with van der Waals surface area (Å²) in [4.78, 5) is 13.7. The molecule has 4 nitrogen and oxygen atoms in total. The van der Waals surface area contributed by atoms with Crippen LogP contribution in [0.4, 0.5) is 5.69 Å². The molecule has 0 aliphatic carbocycles. The predicted octanol–water partition coefficient (Wildman–Crippen LogP) is 3.12. The van der Waals surface area contributed by atoms with Gasteiger partial charge in [-0.15, -0.1) is 0 Å². The van der Waals surface area contributed by atoms with Crippen molar-refractivity contribution >= 4 is 11.7 Å². The number of rotatable bonds is 3. The lowest BCUT2D eigenvalue weighted by molar-refractivity contribution is 0.0526. The topological polar surface area (TPSA) is 53.3 Å². The summed E-state index contributed by atoms with van der Waals surface area (Å²) in [6.07, 6.45) is 1.88. The number of ether oxygens (including phenoxy) is 1. The van der Waals surface area contributed by atoms with Crippen LogP contribution >= 0.6 is 0 Å². The summed E-state index contributed by atoms with van der Waals surface area (Å²) in [5.41, 5.74) is 2.30. The van der Waals surface area contributed by atoms with Crippen LogP contribution in [0.2, 0.25) is 0 Å². The van der Waals surface area contributed by atoms with Crippen LogP contribution in [0, 0.1) is 17.2 Å². The number of hydrogen-bond acceptors (Lipinski definition) is 4. The van der Waals surface area contributed by atoms with Crippen LogP contribution in [0.3, 0.4) is 0 Å². The summed E-state index contributed by atoms with van der Waals surface area (Å²) in [5.74, 6) is -0.0973. The molecule has 0 radical (unpaired) electrons. The largest absolute Gasteiger partial charge is 0.462 e. The van der Waals surface area contributed by atoms with Crippen LogP contribution in [0.25, 0.3) is 0 Å². The minimum Gasteiger partial charge on any atom is -0.462 e. The average Bonchev–Trinajstić information content (AvgIpc) is 2.75. The van der Waals surface area contributed by atoms with E-state index in [1.54, 1.807) is 19.1 Å². The fourth-order valence-corrected chi connectivity index (χ4v) is 2.31. The number of anilines is 1. The Morgan fingerprint density at radius 1 is 1.35 bits per heavy atom. The van der Waals surface area contributed by atoms with E-state index >= 15 is 0 Å². The molecule has 1 aliphatic rings. The molecule has 0 amide bonds. The van der Waals surface area contributed by atoms with Crippen LogP contribution in [0.15, 0.2) is 36.0 Å². The quantitative estimate of drug-likeness (QED) is 0.792. The van der Waals surface area contributed by atoms with Crippen molar-refractivity contribution in [1.82, 2.24) is 0 Å². The molecule has 0 aromatic heterocycles. The van der Waals surface area contributed by atoms with Crippen LogP contribution in [0.1, 0.15) is 31.1 Å². The molecule has 2 unspecified atom stereocenters. The number of carbonyl (C=O) groups is 1. The normalized spacial score (nSPS) is 21.3. The molecular weight excluding hydrogens is 252 g/mol. The minimum absolute atomic E-state index is 0.213. The smallest absolute Gasteiger partial charge is 0.338 e. The number of benzene rings is 1. The maximum absolute atomic E-state index is 11.6. The Bertz CT molecular complexity index is 569. The van der Waals surface area contributed by atoms with E-state index in [1.807, 2.05) is 25.3 Å². The lowest BCUT2D eigenvalue weighted by atomic mass is 9.99. The minimum atomic E-state index is -0.310. The summed E-state index contributed by atoms with van der Waals surface area (Å²) in [5, 5.41) is 9.09. The van der Waals surface area contributed by atoms with E-state index in [0.29, 0.717) is 12.2 Å². The van der Waals surface area contributed by atoms with Gasteiger partial charge in [-0.05, 0) is 38.1 Å². The predicted molar refractivity (Wildman–Crippen MR) is 77.2 cm³/mol. The third-order valence-corrected chi connectivity index (χ3v) is 3.74. The summed E-state index contributed by atoms with van der Waals surface area (Å²) < 4.78 is 4.96. The summed E-state index contributed by atoms with van der Waals surface area (Å²) in [7, 11) is 0. The van der Waals surface area contributed by atoms with E-state index in [4.69, 9.17) is 10.00 Å². The molecular formula is C16H18N2O2. The molecule has 0 bridgehead atoms. The summed E-state index contributed by atoms with van der Waals surface area (Å²) in [6.45, 7) is 6.29. The Kier molecular flexibility index (Phi) is 4.09. The van der Waals surface area contributed by atoms with Gasteiger partial charge in [0.2, 0.25) is 0 Å². The first-order valence-electron chi connectivity index (χ1n) is 6.75. The summed E-state index contributed by atoms with van der Waals surface area (Å²) in [6, 6.07) is 9.74. The Morgan fingerprint density at radius 2 is 2.00 bits per heavy atom. The first-order valence-corrected chi connectivity index (χ1v) is 6.75. The van der Waals surface area contributed by atoms with Gasteiger partial charge in [0.15, 0.2) is 0 Å². The van der Waals surface area contributed by atoms with Gasteiger partial charge in [-0.25, -0.2) is 4.79 Å². The molecule has 0 spiro atoms. The molecule has 1 aliphatic heterocycles. The summed E-state index contributed by atoms with van der Waals surface area (Å²) >= 11 is 0. The standard InChI is InChI=1S/C16H18N2O2/c1-4-20-16(19)13-5-7-15(8-6-13)18-10-14(9-17)11(2)12(18)3/h5-8,10-12H,4H2,1-3H3. The van der Waals surface area contributed by atoms with E-state index in [9.17, 15) is 4.79 Å². The zero-order valence-corrected chi connectivity index (χ0v) is 12.0. The van der Waals surface area contributed by atoms with Crippen molar-refractivity contribution in [3.8, 4) is 6.07 Å². The van der Waals surface area contributed by atoms with Crippen molar-refractivity contribution in [3.05, 3.63) is 41.6 Å². The van der Waals surface area contributed by atoms with Crippen LogP contribution in [-0.4, -0.2) is 18.6 Å². The van der Waals surface area contributed by atoms with Crippen molar-refractivity contribution in [3.63, 3.8) is 0 Å². The highest BCUT2D eigenvalue weighted by molar-refractivity contribution is 5.89. The van der Waals surface area contributed by atoms with E-state index in [1.165, 1.54) is 0 Å². The molecule has 2 rings (SSSR count). The second-order valence-electron chi connectivity index (χ2n) is 4.90. The number of esters is 1. The van der Waals surface area contributed by atoms with E-state index < -0.39 is 0 Å². The molecule has 0 saturated carbocycles. The molecule has 1 aromatic carbocycles. The fraction of sp³-hybridized carbons (Fsp3) is 0.375. The highest BCUT2D eigenvalue weighted by Crippen LogP contribution is 2.32. The Labute approximate surface area is 119 Å². The van der Waals surface area contributed by atoms with Gasteiger partial charge in [0.25, 0.3) is 0 Å². The van der Waals surface area contributed by atoms with Gasteiger partial charge >= 0.3 is 5.97 Å². The third kappa shape index (κ3) is 2.53. The SMILES string of the molecule is CCOC(=O)c1ccc(N2C=C(C#N)C(C)C2C)cc1. The van der Waals surface area contributed by atoms with E-state index in [0.717, 1.165) is 11.3 Å². The van der Waals surface area contributed by atoms with Crippen molar-refractivity contribution in [2.24, 2.45) is 5.92 Å². The monoisotopic (exact) mass is 270 g/mol. The Morgan fingerprint density at radius 3 is 2.50 bits per heavy atom. The lowest BCUT2D eigenvalue weighted by Crippen LogP contribution is -2.27. The lowest BCUT2D eigenvalue weighted by Gasteiger charge is -2.25. The van der Waals surface area contributed by atoms with Gasteiger partial charge in [0.1, 0.15) is 0 Å². The van der Waals surface area contributed by atoms with Gasteiger partial charge < -0.3 is 9.64 Å². The number of carbonyl (C=O) groups excluding carboxylic acids is 1. The first-order chi connectivity index (χ1) is 9.58. The molecule has 0 fully saturated rings. The van der Waals surface area contributed by atoms with Crippen LogP contribution in [0.5, 0.6) is 0 Å². The first kappa shape index (κ1) is 14.1. The molecule has 1 heterocycles. The molecule has 0 N–H and O–H groups in total. The average molecular weight is 270 g/mol. The molecule has 0 saturated heterocycles. The van der Waals surface area contributed by atoms with Gasteiger partial charge in [0.05, 0.1) is 23.8 Å². The Hall–Kier alpha value is -2.28. The zero-order valence-electron chi connectivity index (χ0n) is 12.0. The second-order valence-corrected chi connectivity index (χ2v) is 4.90. The highest BCUT2D eigenvalue weighted by Gasteiger charge is 2.29. The maximum atomic E-state index is 11.6. The third-order valence-electron chi connectivity index (χ3n) is 3.74. The Balaban J connectivity index is 2.21. The van der Waals surface area contributed by atoms with Gasteiger partial charge in [0, 0.05) is 23.8 Å². The number of nitrogens with zero attached hydrogens (tertiary/aromatic N) is 2. The second kappa shape index (κ2) is 5.79.